The van der Waals surface area contributed by atoms with E-state index in [9.17, 15) is 9.18 Å². The largest absolute Gasteiger partial charge is 0.424 e. The number of benzene rings is 3. The van der Waals surface area contributed by atoms with Crippen LogP contribution in [0, 0.1) is 0 Å². The zero-order valence-electron chi connectivity index (χ0n) is 24.3. The van der Waals surface area contributed by atoms with Crippen LogP contribution in [0.3, 0.4) is 0 Å². The third-order valence-electron chi connectivity index (χ3n) is 7.56. The number of hydrogen-bond donors (Lipinski definition) is 0. The maximum atomic E-state index is 14.9. The summed E-state index contributed by atoms with van der Waals surface area (Å²) in [6, 6.07) is 24.7. The number of rotatable bonds is 17. The van der Waals surface area contributed by atoms with Gasteiger partial charge in [0.15, 0.2) is 0 Å². The van der Waals surface area contributed by atoms with Gasteiger partial charge in [-0.05, 0) is 72.6 Å². The van der Waals surface area contributed by atoms with Gasteiger partial charge in [0, 0.05) is 0 Å². The summed E-state index contributed by atoms with van der Waals surface area (Å²) in [6.07, 6.45) is 14.2. The molecule has 0 amide bonds. The summed E-state index contributed by atoms with van der Waals surface area (Å²) in [5, 5.41) is 0. The maximum absolute atomic E-state index is 14.9. The molecule has 1 unspecified atom stereocenters. The van der Waals surface area contributed by atoms with Crippen LogP contribution in [0.15, 0.2) is 72.8 Å². The molecular formula is C36H47FO2. The van der Waals surface area contributed by atoms with E-state index < -0.39 is 11.6 Å². The van der Waals surface area contributed by atoms with Crippen molar-refractivity contribution >= 4 is 5.97 Å². The molecule has 0 N–H and O–H groups in total. The number of carbonyl (C=O) groups is 1. The fourth-order valence-corrected chi connectivity index (χ4v) is 5.03. The van der Waals surface area contributed by atoms with Crippen molar-refractivity contribution in [3.05, 3.63) is 78.4 Å². The van der Waals surface area contributed by atoms with Crippen molar-refractivity contribution in [2.24, 2.45) is 0 Å². The number of esters is 1. The average molecular weight is 531 g/mol. The van der Waals surface area contributed by atoms with Crippen molar-refractivity contribution in [3.8, 4) is 28.0 Å². The number of carbonyl (C=O) groups excluding carboxylic acids is 1. The van der Waals surface area contributed by atoms with Crippen LogP contribution < -0.4 is 4.74 Å². The number of alkyl halides is 1. The van der Waals surface area contributed by atoms with E-state index in [0.29, 0.717) is 12.2 Å². The second kappa shape index (κ2) is 16.2. The first-order valence-corrected chi connectivity index (χ1v) is 15.1. The number of unbranched alkanes of at least 4 members (excludes halogenated alkanes) is 9. The van der Waals surface area contributed by atoms with Crippen molar-refractivity contribution < 1.29 is 13.9 Å². The molecule has 0 bridgehead atoms. The lowest BCUT2D eigenvalue weighted by Crippen LogP contribution is -2.34. The minimum absolute atomic E-state index is 0.193. The van der Waals surface area contributed by atoms with E-state index in [-0.39, 0.29) is 6.42 Å². The van der Waals surface area contributed by atoms with Gasteiger partial charge in [-0.1, -0.05) is 132 Å². The van der Waals surface area contributed by atoms with Crippen LogP contribution in [0.2, 0.25) is 0 Å². The molecule has 210 valence electrons. The highest BCUT2D eigenvalue weighted by Gasteiger charge is 2.34. The smallest absolute Gasteiger partial charge is 0.348 e. The van der Waals surface area contributed by atoms with E-state index in [2.05, 4.69) is 56.3 Å². The molecule has 3 rings (SSSR count). The molecule has 39 heavy (non-hydrogen) atoms. The first kappa shape index (κ1) is 30.6. The third kappa shape index (κ3) is 9.95. The van der Waals surface area contributed by atoms with Crippen LogP contribution in [0.25, 0.3) is 22.3 Å². The number of halogens is 1. The fourth-order valence-electron chi connectivity index (χ4n) is 5.03. The molecule has 0 aliphatic carbocycles. The molecule has 0 aliphatic heterocycles. The summed E-state index contributed by atoms with van der Waals surface area (Å²) in [7, 11) is 0. The minimum atomic E-state index is -1.97. The highest BCUT2D eigenvalue weighted by atomic mass is 19.1. The molecule has 1 atom stereocenters. The molecule has 0 saturated heterocycles. The summed E-state index contributed by atoms with van der Waals surface area (Å²) in [4.78, 5) is 12.5. The van der Waals surface area contributed by atoms with Crippen molar-refractivity contribution in [1.82, 2.24) is 0 Å². The third-order valence-corrected chi connectivity index (χ3v) is 7.56. The van der Waals surface area contributed by atoms with Crippen molar-refractivity contribution in [3.63, 3.8) is 0 Å². The summed E-state index contributed by atoms with van der Waals surface area (Å²) >= 11 is 0. The second-order valence-electron chi connectivity index (χ2n) is 11.0. The Morgan fingerprint density at radius 3 is 1.72 bits per heavy atom. The molecular weight excluding hydrogens is 483 g/mol. The van der Waals surface area contributed by atoms with Crippen molar-refractivity contribution in [2.75, 3.05) is 0 Å². The predicted molar refractivity (Wildman–Crippen MR) is 163 cm³/mol. The van der Waals surface area contributed by atoms with Gasteiger partial charge in [-0.25, -0.2) is 9.18 Å². The monoisotopic (exact) mass is 530 g/mol. The van der Waals surface area contributed by atoms with Crippen LogP contribution >= 0.6 is 0 Å². The molecule has 3 aromatic carbocycles. The number of aryl methyl sites for hydroxylation is 1. The van der Waals surface area contributed by atoms with Crippen LogP contribution in [-0.4, -0.2) is 11.6 Å². The van der Waals surface area contributed by atoms with Gasteiger partial charge in [0.05, 0.1) is 0 Å². The van der Waals surface area contributed by atoms with Crippen molar-refractivity contribution in [1.29, 1.82) is 0 Å². The Morgan fingerprint density at radius 1 is 0.667 bits per heavy atom. The van der Waals surface area contributed by atoms with Gasteiger partial charge in [-0.15, -0.1) is 0 Å². The zero-order chi connectivity index (χ0) is 27.9. The first-order valence-electron chi connectivity index (χ1n) is 15.1. The maximum Gasteiger partial charge on any atom is 0.348 e. The quantitative estimate of drug-likeness (QED) is 0.0985. The molecule has 2 nitrogen and oxygen atoms in total. The minimum Gasteiger partial charge on any atom is -0.424 e. The Morgan fingerprint density at radius 2 is 1.15 bits per heavy atom. The number of ether oxygens (including phenoxy) is 1. The van der Waals surface area contributed by atoms with Crippen LogP contribution in [-0.2, 0) is 11.2 Å². The van der Waals surface area contributed by atoms with E-state index in [1.165, 1.54) is 56.6 Å². The van der Waals surface area contributed by atoms with Gasteiger partial charge in [-0.2, -0.15) is 0 Å². The average Bonchev–Trinajstić information content (AvgIpc) is 2.95. The lowest BCUT2D eigenvalue weighted by molar-refractivity contribution is -0.147. The summed E-state index contributed by atoms with van der Waals surface area (Å²) < 4.78 is 20.4. The van der Waals surface area contributed by atoms with Gasteiger partial charge in [0.1, 0.15) is 5.75 Å². The van der Waals surface area contributed by atoms with Gasteiger partial charge >= 0.3 is 5.97 Å². The normalized spacial score (nSPS) is 12.7. The van der Waals surface area contributed by atoms with Gasteiger partial charge < -0.3 is 4.74 Å². The molecule has 0 radical (unpaired) electrons. The summed E-state index contributed by atoms with van der Waals surface area (Å²) in [5.74, 6) is -0.442. The molecule has 0 fully saturated rings. The van der Waals surface area contributed by atoms with Crippen LogP contribution in [0.4, 0.5) is 4.39 Å². The molecule has 0 aromatic heterocycles. The Balaban J connectivity index is 1.60. The van der Waals surface area contributed by atoms with E-state index in [0.717, 1.165) is 48.8 Å². The Bertz CT molecular complexity index is 1120. The molecule has 0 saturated carbocycles. The van der Waals surface area contributed by atoms with Crippen molar-refractivity contribution in [2.45, 2.75) is 110 Å². The van der Waals surface area contributed by atoms with E-state index in [4.69, 9.17) is 4.74 Å². The fraction of sp³-hybridized carbons (Fsp3) is 0.472. The van der Waals surface area contributed by atoms with E-state index in [1.807, 2.05) is 18.2 Å². The molecule has 0 heterocycles. The lowest BCUT2D eigenvalue weighted by atomic mass is 9.93. The second-order valence-corrected chi connectivity index (χ2v) is 11.0. The standard InChI is InChI=1S/C36H47FO2/c1-4-6-8-10-11-13-17-29-20-22-30(23-21-29)33-18-14-15-19-34(33)31-24-26-32(27-25-31)39-35(38)36(3,37)28-16-12-9-7-5-2/h14-15,18-27H,4-13,16-17,28H2,1-3H3. The van der Waals surface area contributed by atoms with E-state index >= 15 is 0 Å². The summed E-state index contributed by atoms with van der Waals surface area (Å²) in [6.45, 7) is 5.74. The Kier molecular flexibility index (Phi) is 12.7. The predicted octanol–water partition coefficient (Wildman–Crippen LogP) is 10.9. The van der Waals surface area contributed by atoms with Crippen LogP contribution in [0.5, 0.6) is 5.75 Å². The highest BCUT2D eigenvalue weighted by molar-refractivity contribution is 5.84. The van der Waals surface area contributed by atoms with Crippen LogP contribution in [0.1, 0.15) is 103 Å². The molecule has 3 aromatic rings. The molecule has 0 aliphatic rings. The lowest BCUT2D eigenvalue weighted by Gasteiger charge is -2.18. The SMILES string of the molecule is CCCCCCCCc1ccc(-c2ccccc2-c2ccc(OC(=O)C(C)(F)CCCCCCC)cc2)cc1. The first-order chi connectivity index (χ1) is 18.9. The topological polar surface area (TPSA) is 26.3 Å². The summed E-state index contributed by atoms with van der Waals surface area (Å²) in [5.41, 5.74) is 3.90. The molecule has 3 heteroatoms. The molecule has 0 spiro atoms. The van der Waals surface area contributed by atoms with Gasteiger partial charge in [-0.3, -0.25) is 0 Å². The van der Waals surface area contributed by atoms with E-state index in [1.54, 1.807) is 12.1 Å². The Hall–Kier alpha value is -2.94. The Labute approximate surface area is 236 Å². The highest BCUT2D eigenvalue weighted by Crippen LogP contribution is 2.33. The zero-order valence-corrected chi connectivity index (χ0v) is 24.3. The van der Waals surface area contributed by atoms with Gasteiger partial charge in [0.25, 0.3) is 0 Å². The number of hydrogen-bond acceptors (Lipinski definition) is 2. The van der Waals surface area contributed by atoms with Gasteiger partial charge in [0.2, 0.25) is 5.67 Å².